The number of para-hydroxylation sites is 1. The van der Waals surface area contributed by atoms with Crippen LogP contribution in [-0.4, -0.2) is 33.9 Å². The standard InChI is InChI=1S/C14H16N2O5/c1-15(13(17)10-6-7-11(10)14(18)19)8-9-4-2-3-5-12(9)16(20)21/h2-5,10-11H,6-8H2,1H3,(H,18,19). The van der Waals surface area contributed by atoms with Crippen LogP contribution in [0.3, 0.4) is 0 Å². The lowest BCUT2D eigenvalue weighted by atomic mass is 9.73. The molecule has 0 spiro atoms. The van der Waals surface area contributed by atoms with Crippen molar-refractivity contribution >= 4 is 17.6 Å². The average molecular weight is 292 g/mol. The molecule has 0 heterocycles. The Morgan fingerprint density at radius 3 is 2.48 bits per heavy atom. The Balaban J connectivity index is 2.08. The number of amides is 1. The second-order valence-electron chi connectivity index (χ2n) is 5.21. The van der Waals surface area contributed by atoms with E-state index in [1.165, 1.54) is 18.0 Å². The third-order valence-corrected chi connectivity index (χ3v) is 3.88. The lowest BCUT2D eigenvalue weighted by Crippen LogP contribution is -2.44. The van der Waals surface area contributed by atoms with Crippen LogP contribution >= 0.6 is 0 Å². The Hall–Kier alpha value is -2.44. The number of nitro benzene ring substituents is 1. The molecule has 1 aromatic rings. The summed E-state index contributed by atoms with van der Waals surface area (Å²) in [4.78, 5) is 35.0. The van der Waals surface area contributed by atoms with E-state index in [0.29, 0.717) is 18.4 Å². The number of nitro groups is 1. The molecule has 2 rings (SSSR count). The Kier molecular flexibility index (Phi) is 4.21. The Morgan fingerprint density at radius 1 is 1.33 bits per heavy atom. The first kappa shape index (κ1) is 15.0. The van der Waals surface area contributed by atoms with Gasteiger partial charge in [0.1, 0.15) is 0 Å². The van der Waals surface area contributed by atoms with Gasteiger partial charge in [-0.15, -0.1) is 0 Å². The minimum absolute atomic E-state index is 0.0412. The summed E-state index contributed by atoms with van der Waals surface area (Å²) in [6, 6.07) is 6.22. The van der Waals surface area contributed by atoms with Crippen LogP contribution in [0.2, 0.25) is 0 Å². The molecule has 7 nitrogen and oxygen atoms in total. The van der Waals surface area contributed by atoms with Crippen LogP contribution in [0.25, 0.3) is 0 Å². The van der Waals surface area contributed by atoms with Crippen molar-refractivity contribution in [1.82, 2.24) is 4.90 Å². The zero-order valence-electron chi connectivity index (χ0n) is 11.6. The van der Waals surface area contributed by atoms with E-state index in [0.717, 1.165) is 0 Å². The molecule has 0 aliphatic heterocycles. The van der Waals surface area contributed by atoms with Crippen LogP contribution in [0, 0.1) is 22.0 Å². The van der Waals surface area contributed by atoms with Crippen LogP contribution in [0.4, 0.5) is 5.69 Å². The first-order chi connectivity index (χ1) is 9.91. The molecular weight excluding hydrogens is 276 g/mol. The van der Waals surface area contributed by atoms with Crippen LogP contribution in [0.1, 0.15) is 18.4 Å². The molecule has 1 aliphatic rings. The number of hydrogen-bond acceptors (Lipinski definition) is 4. The minimum Gasteiger partial charge on any atom is -0.481 e. The topological polar surface area (TPSA) is 101 Å². The first-order valence-corrected chi connectivity index (χ1v) is 6.62. The van der Waals surface area contributed by atoms with Crippen molar-refractivity contribution in [3.05, 3.63) is 39.9 Å². The van der Waals surface area contributed by atoms with Gasteiger partial charge >= 0.3 is 5.97 Å². The van der Waals surface area contributed by atoms with E-state index >= 15 is 0 Å². The van der Waals surface area contributed by atoms with Gasteiger partial charge in [0.15, 0.2) is 0 Å². The lowest BCUT2D eigenvalue weighted by molar-refractivity contribution is -0.385. The summed E-state index contributed by atoms with van der Waals surface area (Å²) in [5.74, 6) is -2.38. The number of hydrogen-bond donors (Lipinski definition) is 1. The zero-order valence-corrected chi connectivity index (χ0v) is 11.6. The van der Waals surface area contributed by atoms with Crippen molar-refractivity contribution in [3.8, 4) is 0 Å². The van der Waals surface area contributed by atoms with E-state index in [1.807, 2.05) is 0 Å². The van der Waals surface area contributed by atoms with E-state index in [-0.39, 0.29) is 18.1 Å². The molecule has 0 aromatic heterocycles. The first-order valence-electron chi connectivity index (χ1n) is 6.62. The third-order valence-electron chi connectivity index (χ3n) is 3.88. The highest BCUT2D eigenvalue weighted by Crippen LogP contribution is 2.36. The minimum atomic E-state index is -0.960. The predicted molar refractivity (Wildman–Crippen MR) is 73.4 cm³/mol. The molecule has 1 N–H and O–H groups in total. The second-order valence-corrected chi connectivity index (χ2v) is 5.21. The quantitative estimate of drug-likeness (QED) is 0.657. The smallest absolute Gasteiger partial charge is 0.307 e. The number of benzene rings is 1. The average Bonchev–Trinajstić information content (AvgIpc) is 2.36. The molecule has 0 saturated heterocycles. The van der Waals surface area contributed by atoms with Crippen LogP contribution in [0.15, 0.2) is 24.3 Å². The summed E-state index contributed by atoms with van der Waals surface area (Å²) in [5, 5.41) is 19.9. The largest absolute Gasteiger partial charge is 0.481 e. The van der Waals surface area contributed by atoms with E-state index in [2.05, 4.69) is 0 Å². The lowest BCUT2D eigenvalue weighted by Gasteiger charge is -2.34. The molecule has 2 unspecified atom stereocenters. The molecular formula is C14H16N2O5. The van der Waals surface area contributed by atoms with Crippen LogP contribution in [0.5, 0.6) is 0 Å². The normalized spacial score (nSPS) is 20.4. The fraction of sp³-hybridized carbons (Fsp3) is 0.429. The van der Waals surface area contributed by atoms with Crippen molar-refractivity contribution in [3.63, 3.8) is 0 Å². The van der Waals surface area contributed by atoms with Gasteiger partial charge in [-0.05, 0) is 12.8 Å². The molecule has 0 bridgehead atoms. The van der Waals surface area contributed by atoms with Crippen molar-refractivity contribution in [2.75, 3.05) is 7.05 Å². The molecule has 1 aromatic carbocycles. The highest BCUT2D eigenvalue weighted by molar-refractivity contribution is 5.86. The maximum absolute atomic E-state index is 12.2. The van der Waals surface area contributed by atoms with Gasteiger partial charge in [-0.1, -0.05) is 18.2 Å². The fourth-order valence-electron chi connectivity index (χ4n) is 2.53. The summed E-state index contributed by atoms with van der Waals surface area (Å²) < 4.78 is 0. The summed E-state index contributed by atoms with van der Waals surface area (Å²) in [7, 11) is 1.54. The molecule has 1 saturated carbocycles. The van der Waals surface area contributed by atoms with Gasteiger partial charge in [0.2, 0.25) is 5.91 Å². The van der Waals surface area contributed by atoms with Gasteiger partial charge in [0, 0.05) is 18.7 Å². The summed E-state index contributed by atoms with van der Waals surface area (Å²) >= 11 is 0. The summed E-state index contributed by atoms with van der Waals surface area (Å²) in [6.07, 6.45) is 1.06. The van der Waals surface area contributed by atoms with Gasteiger partial charge in [-0.25, -0.2) is 0 Å². The van der Waals surface area contributed by atoms with E-state index in [1.54, 1.807) is 18.2 Å². The predicted octanol–water partition coefficient (Wildman–Crippen LogP) is 1.66. The number of aliphatic carboxylic acids is 1. The number of rotatable bonds is 5. The summed E-state index contributed by atoms with van der Waals surface area (Å²) in [6.45, 7) is 0.0961. The van der Waals surface area contributed by atoms with Gasteiger partial charge in [0.25, 0.3) is 5.69 Å². The van der Waals surface area contributed by atoms with Crippen LogP contribution in [-0.2, 0) is 16.1 Å². The van der Waals surface area contributed by atoms with Crippen molar-refractivity contribution < 1.29 is 19.6 Å². The number of nitrogens with zero attached hydrogens (tertiary/aromatic N) is 2. The highest BCUT2D eigenvalue weighted by atomic mass is 16.6. The molecule has 1 fully saturated rings. The SMILES string of the molecule is CN(Cc1ccccc1[N+](=O)[O-])C(=O)C1CCC1C(=O)O. The number of carboxylic acids is 1. The van der Waals surface area contributed by atoms with Gasteiger partial charge < -0.3 is 10.0 Å². The number of carbonyl (C=O) groups is 2. The van der Waals surface area contributed by atoms with Gasteiger partial charge in [-0.2, -0.15) is 0 Å². The fourth-order valence-corrected chi connectivity index (χ4v) is 2.53. The Bertz CT molecular complexity index is 586. The number of carboxylic acid groups (broad SMARTS) is 1. The molecule has 2 atom stereocenters. The van der Waals surface area contributed by atoms with Crippen molar-refractivity contribution in [1.29, 1.82) is 0 Å². The van der Waals surface area contributed by atoms with E-state index in [9.17, 15) is 19.7 Å². The Morgan fingerprint density at radius 2 is 1.95 bits per heavy atom. The monoisotopic (exact) mass is 292 g/mol. The van der Waals surface area contributed by atoms with Crippen molar-refractivity contribution in [2.45, 2.75) is 19.4 Å². The summed E-state index contributed by atoms with van der Waals surface area (Å²) in [5.41, 5.74) is 0.394. The highest BCUT2D eigenvalue weighted by Gasteiger charge is 2.42. The molecule has 1 aliphatic carbocycles. The maximum atomic E-state index is 12.2. The Labute approximate surface area is 121 Å². The van der Waals surface area contributed by atoms with Gasteiger partial charge in [-0.3, -0.25) is 19.7 Å². The third kappa shape index (κ3) is 3.01. The van der Waals surface area contributed by atoms with Crippen LogP contribution < -0.4 is 0 Å². The number of carbonyl (C=O) groups excluding carboxylic acids is 1. The molecule has 112 valence electrons. The zero-order chi connectivity index (χ0) is 15.6. The van der Waals surface area contributed by atoms with E-state index < -0.39 is 22.7 Å². The molecule has 21 heavy (non-hydrogen) atoms. The van der Waals surface area contributed by atoms with Crippen molar-refractivity contribution in [2.24, 2.45) is 11.8 Å². The van der Waals surface area contributed by atoms with Gasteiger partial charge in [0.05, 0.1) is 23.3 Å². The second kappa shape index (κ2) is 5.90. The maximum Gasteiger partial charge on any atom is 0.307 e. The molecule has 7 heteroatoms. The molecule has 0 radical (unpaired) electrons. The molecule has 1 amide bonds. The van der Waals surface area contributed by atoms with E-state index in [4.69, 9.17) is 5.11 Å².